The number of hydrogen-bond donors (Lipinski definition) is 0. The number of carbonyl (C=O) groups excluding carboxylic acids is 1. The second-order valence-corrected chi connectivity index (χ2v) is 5.67. The molecule has 1 saturated heterocycles. The molecule has 0 N–H and O–H groups in total. The van der Waals surface area contributed by atoms with Crippen LogP contribution in [0.25, 0.3) is 0 Å². The molecule has 1 heterocycles. The van der Waals surface area contributed by atoms with E-state index >= 15 is 0 Å². The molecule has 110 valence electrons. The number of ether oxygens (including phenoxy) is 1. The van der Waals surface area contributed by atoms with Gasteiger partial charge in [0.05, 0.1) is 18.6 Å². The van der Waals surface area contributed by atoms with Crippen LogP contribution in [0.2, 0.25) is 0 Å². The number of piperidine rings is 1. The maximum atomic E-state index is 12.0. The lowest BCUT2D eigenvalue weighted by atomic mass is 9.85. The highest BCUT2D eigenvalue weighted by atomic mass is 16.5. The molecule has 2 rings (SSSR count). The Morgan fingerprint density at radius 3 is 2.45 bits per heavy atom. The summed E-state index contributed by atoms with van der Waals surface area (Å²) in [7, 11) is 0. The first-order valence-electron chi connectivity index (χ1n) is 7.63. The highest BCUT2D eigenvalue weighted by Gasteiger charge is 2.36. The third kappa shape index (κ3) is 3.40. The number of benzene rings is 1. The van der Waals surface area contributed by atoms with E-state index < -0.39 is 0 Å². The van der Waals surface area contributed by atoms with Gasteiger partial charge in [0.15, 0.2) is 0 Å². The van der Waals surface area contributed by atoms with Gasteiger partial charge in [0.2, 0.25) is 0 Å². The molecule has 0 saturated carbocycles. The Labute approximate surface area is 121 Å². The molecule has 1 atom stereocenters. The molecule has 1 aromatic carbocycles. The molecule has 3 nitrogen and oxygen atoms in total. The Hall–Kier alpha value is -1.35. The second-order valence-electron chi connectivity index (χ2n) is 5.67. The molecule has 1 aromatic rings. The van der Waals surface area contributed by atoms with Crippen molar-refractivity contribution in [2.45, 2.75) is 45.1 Å². The predicted octanol–water partition coefficient (Wildman–Crippen LogP) is 3.34. The highest BCUT2D eigenvalue weighted by molar-refractivity contribution is 5.71. The summed E-state index contributed by atoms with van der Waals surface area (Å²) in [6, 6.07) is 10.3. The average molecular weight is 275 g/mol. The zero-order chi connectivity index (χ0) is 14.4. The third-order valence-corrected chi connectivity index (χ3v) is 4.24. The summed E-state index contributed by atoms with van der Waals surface area (Å²) in [5.74, 6) is -0.107. The summed E-state index contributed by atoms with van der Waals surface area (Å²) in [4.78, 5) is 14.5. The number of esters is 1. The minimum Gasteiger partial charge on any atom is -0.466 e. The normalized spacial score (nSPS) is 19.3. The SMILES string of the molecule is CCOC(=O)CC(C)(c1ccccc1)N1CCCCC1. The summed E-state index contributed by atoms with van der Waals surface area (Å²) in [5.41, 5.74) is 0.948. The van der Waals surface area contributed by atoms with Crippen molar-refractivity contribution in [3.05, 3.63) is 35.9 Å². The topological polar surface area (TPSA) is 29.5 Å². The van der Waals surface area contributed by atoms with Gasteiger partial charge in [-0.05, 0) is 45.3 Å². The largest absolute Gasteiger partial charge is 0.466 e. The first-order valence-corrected chi connectivity index (χ1v) is 7.63. The Kier molecular flexibility index (Phi) is 5.18. The van der Waals surface area contributed by atoms with Crippen LogP contribution in [0.3, 0.4) is 0 Å². The molecular weight excluding hydrogens is 250 g/mol. The Morgan fingerprint density at radius 1 is 1.20 bits per heavy atom. The lowest BCUT2D eigenvalue weighted by Crippen LogP contribution is -2.48. The lowest BCUT2D eigenvalue weighted by Gasteiger charge is -2.43. The highest BCUT2D eigenvalue weighted by Crippen LogP contribution is 2.34. The molecule has 0 bridgehead atoms. The van der Waals surface area contributed by atoms with Crippen molar-refractivity contribution in [3.63, 3.8) is 0 Å². The zero-order valence-electron chi connectivity index (χ0n) is 12.6. The maximum absolute atomic E-state index is 12.0. The van der Waals surface area contributed by atoms with Crippen molar-refractivity contribution in [3.8, 4) is 0 Å². The van der Waals surface area contributed by atoms with Crippen molar-refractivity contribution in [2.24, 2.45) is 0 Å². The zero-order valence-corrected chi connectivity index (χ0v) is 12.6. The Balaban J connectivity index is 2.24. The maximum Gasteiger partial charge on any atom is 0.307 e. The summed E-state index contributed by atoms with van der Waals surface area (Å²) in [6.45, 7) is 6.60. The van der Waals surface area contributed by atoms with E-state index in [1.165, 1.54) is 24.8 Å². The lowest BCUT2D eigenvalue weighted by molar-refractivity contribution is -0.146. The van der Waals surface area contributed by atoms with Gasteiger partial charge in [-0.2, -0.15) is 0 Å². The predicted molar refractivity (Wildman–Crippen MR) is 80.5 cm³/mol. The number of rotatable bonds is 5. The molecule has 0 aliphatic carbocycles. The van der Waals surface area contributed by atoms with Crippen LogP contribution in [0.15, 0.2) is 30.3 Å². The van der Waals surface area contributed by atoms with Gasteiger partial charge in [0, 0.05) is 0 Å². The molecule has 0 radical (unpaired) electrons. The number of nitrogens with zero attached hydrogens (tertiary/aromatic N) is 1. The van der Waals surface area contributed by atoms with Gasteiger partial charge in [-0.15, -0.1) is 0 Å². The van der Waals surface area contributed by atoms with Gasteiger partial charge in [-0.25, -0.2) is 0 Å². The molecule has 0 aromatic heterocycles. The summed E-state index contributed by atoms with van der Waals surface area (Å²) in [6.07, 6.45) is 4.14. The monoisotopic (exact) mass is 275 g/mol. The molecule has 1 aliphatic heterocycles. The Bertz CT molecular complexity index is 426. The van der Waals surface area contributed by atoms with E-state index in [4.69, 9.17) is 4.74 Å². The number of hydrogen-bond acceptors (Lipinski definition) is 3. The molecule has 1 fully saturated rings. The van der Waals surface area contributed by atoms with E-state index in [0.717, 1.165) is 13.1 Å². The van der Waals surface area contributed by atoms with E-state index in [1.807, 2.05) is 25.1 Å². The molecule has 1 unspecified atom stereocenters. The number of carbonyl (C=O) groups is 1. The Morgan fingerprint density at radius 2 is 1.85 bits per heavy atom. The van der Waals surface area contributed by atoms with E-state index in [9.17, 15) is 4.79 Å². The molecule has 0 spiro atoms. The molecule has 1 aliphatic rings. The summed E-state index contributed by atoms with van der Waals surface area (Å²) >= 11 is 0. The fraction of sp³-hybridized carbons (Fsp3) is 0.588. The molecular formula is C17H25NO2. The molecule has 0 amide bonds. The van der Waals surface area contributed by atoms with Gasteiger partial charge in [0.1, 0.15) is 0 Å². The van der Waals surface area contributed by atoms with Crippen molar-refractivity contribution < 1.29 is 9.53 Å². The minimum atomic E-state index is -0.256. The first kappa shape index (κ1) is 15.0. The third-order valence-electron chi connectivity index (χ3n) is 4.24. The average Bonchev–Trinajstić information content (AvgIpc) is 2.49. The molecule has 3 heteroatoms. The van der Waals surface area contributed by atoms with Crippen molar-refractivity contribution in [2.75, 3.05) is 19.7 Å². The van der Waals surface area contributed by atoms with Crippen molar-refractivity contribution in [1.82, 2.24) is 4.90 Å². The van der Waals surface area contributed by atoms with Crippen LogP contribution in [-0.4, -0.2) is 30.6 Å². The quantitative estimate of drug-likeness (QED) is 0.772. The van der Waals surface area contributed by atoms with Crippen LogP contribution < -0.4 is 0 Å². The van der Waals surface area contributed by atoms with Crippen molar-refractivity contribution in [1.29, 1.82) is 0 Å². The van der Waals surface area contributed by atoms with Gasteiger partial charge in [0.25, 0.3) is 0 Å². The number of likely N-dealkylation sites (tertiary alicyclic amines) is 1. The van der Waals surface area contributed by atoms with Crippen LogP contribution >= 0.6 is 0 Å². The van der Waals surface area contributed by atoms with Gasteiger partial charge >= 0.3 is 5.97 Å². The van der Waals surface area contributed by atoms with Gasteiger partial charge < -0.3 is 4.74 Å². The molecule has 20 heavy (non-hydrogen) atoms. The van der Waals surface area contributed by atoms with Gasteiger partial charge in [-0.3, -0.25) is 9.69 Å². The van der Waals surface area contributed by atoms with Crippen LogP contribution in [0.4, 0.5) is 0 Å². The van der Waals surface area contributed by atoms with Crippen LogP contribution in [-0.2, 0) is 15.1 Å². The van der Waals surface area contributed by atoms with E-state index in [2.05, 4.69) is 24.0 Å². The minimum absolute atomic E-state index is 0.107. The fourth-order valence-electron chi connectivity index (χ4n) is 3.07. The first-order chi connectivity index (χ1) is 9.66. The van der Waals surface area contributed by atoms with Crippen LogP contribution in [0.1, 0.15) is 45.1 Å². The van der Waals surface area contributed by atoms with E-state index in [-0.39, 0.29) is 11.5 Å². The summed E-state index contributed by atoms with van der Waals surface area (Å²) < 4.78 is 5.18. The second kappa shape index (κ2) is 6.89. The fourth-order valence-corrected chi connectivity index (χ4v) is 3.07. The van der Waals surface area contributed by atoms with E-state index in [0.29, 0.717) is 13.0 Å². The van der Waals surface area contributed by atoms with Gasteiger partial charge in [-0.1, -0.05) is 36.8 Å². The standard InChI is InChI=1S/C17H25NO2/c1-3-20-16(19)14-17(2,15-10-6-4-7-11-15)18-12-8-5-9-13-18/h4,6-7,10-11H,3,5,8-9,12-14H2,1-2H3. The summed E-state index contributed by atoms with van der Waals surface area (Å²) in [5, 5.41) is 0. The van der Waals surface area contributed by atoms with Crippen LogP contribution in [0, 0.1) is 0 Å². The van der Waals surface area contributed by atoms with E-state index in [1.54, 1.807) is 0 Å². The van der Waals surface area contributed by atoms with Crippen LogP contribution in [0.5, 0.6) is 0 Å². The smallest absolute Gasteiger partial charge is 0.307 e. The van der Waals surface area contributed by atoms with Crippen molar-refractivity contribution >= 4 is 5.97 Å².